The third-order valence-electron chi connectivity index (χ3n) is 4.00. The highest BCUT2D eigenvalue weighted by Gasteiger charge is 2.20. The number of hydrogen-bond acceptors (Lipinski definition) is 6. The second kappa shape index (κ2) is 8.60. The van der Waals surface area contributed by atoms with Crippen LogP contribution in [0, 0.1) is 5.82 Å². The quantitative estimate of drug-likeness (QED) is 0.458. The normalized spacial score (nSPS) is 11.4. The van der Waals surface area contributed by atoms with Crippen LogP contribution in [0.15, 0.2) is 52.7 Å². The van der Waals surface area contributed by atoms with Gasteiger partial charge in [-0.05, 0) is 24.3 Å². The molecule has 0 bridgehead atoms. The lowest BCUT2D eigenvalue weighted by atomic mass is 9.92. The van der Waals surface area contributed by atoms with Crippen molar-refractivity contribution in [2.24, 2.45) is 0 Å². The van der Waals surface area contributed by atoms with E-state index in [1.54, 1.807) is 24.3 Å². The van der Waals surface area contributed by atoms with Crippen molar-refractivity contribution in [1.29, 1.82) is 0 Å². The molecule has 0 radical (unpaired) electrons. The smallest absolute Gasteiger partial charge is 0.237 e. The maximum atomic E-state index is 13.2. The van der Waals surface area contributed by atoms with Crippen LogP contribution in [0.5, 0.6) is 0 Å². The molecular formula is C20H22FN5O2S. The van der Waals surface area contributed by atoms with Gasteiger partial charge in [-0.2, -0.15) is 0 Å². The molecule has 1 N–H and O–H groups in total. The number of allylic oxidation sites excluding steroid dienone is 1. The predicted octanol–water partition coefficient (Wildman–Crippen LogP) is 4.29. The molecule has 9 heteroatoms. The molecule has 0 spiro atoms. The highest BCUT2D eigenvalue weighted by Crippen LogP contribution is 2.26. The van der Waals surface area contributed by atoms with Crippen LogP contribution in [0.3, 0.4) is 0 Å². The van der Waals surface area contributed by atoms with Gasteiger partial charge in [-0.25, -0.2) is 4.39 Å². The Hall–Kier alpha value is -2.94. The number of nitrogens with zero attached hydrogens (tertiary/aromatic N) is 4. The van der Waals surface area contributed by atoms with Crippen LogP contribution in [-0.2, 0) is 16.8 Å². The van der Waals surface area contributed by atoms with E-state index in [-0.39, 0.29) is 22.9 Å². The summed E-state index contributed by atoms with van der Waals surface area (Å²) in [5.74, 6) is 0.433. The Morgan fingerprint density at radius 2 is 2.03 bits per heavy atom. The summed E-state index contributed by atoms with van der Waals surface area (Å²) in [4.78, 5) is 12.3. The van der Waals surface area contributed by atoms with Gasteiger partial charge in [0.15, 0.2) is 11.0 Å². The fourth-order valence-corrected chi connectivity index (χ4v) is 3.24. The molecule has 0 saturated heterocycles. The van der Waals surface area contributed by atoms with E-state index in [9.17, 15) is 9.18 Å². The number of carbonyl (C=O) groups excluding carboxylic acids is 1. The highest BCUT2D eigenvalue weighted by molar-refractivity contribution is 7.99. The van der Waals surface area contributed by atoms with Crippen LogP contribution in [0.4, 0.5) is 10.3 Å². The molecule has 7 nitrogen and oxygen atoms in total. The van der Waals surface area contributed by atoms with Crippen molar-refractivity contribution in [1.82, 2.24) is 19.9 Å². The second-order valence-electron chi connectivity index (χ2n) is 7.38. The summed E-state index contributed by atoms with van der Waals surface area (Å²) in [6.07, 6.45) is 1.71. The Balaban J connectivity index is 1.68. The molecular weight excluding hydrogens is 393 g/mol. The molecule has 152 valence electrons. The van der Waals surface area contributed by atoms with Gasteiger partial charge in [0.2, 0.25) is 11.8 Å². The number of rotatable bonds is 7. The first kappa shape index (κ1) is 20.8. The average Bonchev–Trinajstić information content (AvgIpc) is 3.28. The standard InChI is InChI=1S/C20H22FN5O2S/c1-5-10-26-18(13-6-8-14(21)9-7-13)23-24-19(26)29-12-16(27)22-17-11-15(25-28-17)20(2,3)4/h5-9,11H,1,10,12H2,2-4H3,(H,22,27). The van der Waals surface area contributed by atoms with Crippen molar-refractivity contribution < 1.29 is 13.7 Å². The molecule has 0 unspecified atom stereocenters. The van der Waals surface area contributed by atoms with E-state index in [1.807, 2.05) is 25.3 Å². The summed E-state index contributed by atoms with van der Waals surface area (Å²) in [5, 5.41) is 15.6. The molecule has 0 fully saturated rings. The molecule has 0 aliphatic carbocycles. The Morgan fingerprint density at radius 3 is 2.66 bits per heavy atom. The van der Waals surface area contributed by atoms with Crippen LogP contribution in [0.1, 0.15) is 26.5 Å². The number of amides is 1. The third kappa shape index (κ3) is 5.11. The molecule has 3 rings (SSSR count). The van der Waals surface area contributed by atoms with E-state index in [0.717, 1.165) is 11.3 Å². The lowest BCUT2D eigenvalue weighted by Crippen LogP contribution is -2.14. The van der Waals surface area contributed by atoms with Gasteiger partial charge in [0.1, 0.15) is 5.82 Å². The summed E-state index contributed by atoms with van der Waals surface area (Å²) < 4.78 is 20.2. The Kier molecular flexibility index (Phi) is 6.17. The van der Waals surface area contributed by atoms with E-state index < -0.39 is 0 Å². The summed E-state index contributed by atoms with van der Waals surface area (Å²) in [5.41, 5.74) is 1.32. The molecule has 2 heterocycles. The minimum absolute atomic E-state index is 0.115. The summed E-state index contributed by atoms with van der Waals surface area (Å²) in [6.45, 7) is 10.2. The number of aromatic nitrogens is 4. The molecule has 1 aromatic carbocycles. The van der Waals surface area contributed by atoms with Gasteiger partial charge >= 0.3 is 0 Å². The van der Waals surface area contributed by atoms with E-state index in [1.165, 1.54) is 23.9 Å². The first-order chi connectivity index (χ1) is 13.8. The molecule has 29 heavy (non-hydrogen) atoms. The number of halogens is 1. The number of carbonyl (C=O) groups is 1. The summed E-state index contributed by atoms with van der Waals surface area (Å²) in [7, 11) is 0. The van der Waals surface area contributed by atoms with E-state index in [4.69, 9.17) is 4.52 Å². The van der Waals surface area contributed by atoms with Gasteiger partial charge in [-0.3, -0.25) is 14.7 Å². The zero-order valence-corrected chi connectivity index (χ0v) is 17.3. The molecule has 1 amide bonds. The van der Waals surface area contributed by atoms with Crippen molar-refractivity contribution in [2.75, 3.05) is 11.1 Å². The zero-order chi connectivity index (χ0) is 21.0. The average molecular weight is 415 g/mol. The van der Waals surface area contributed by atoms with Crippen LogP contribution in [0.25, 0.3) is 11.4 Å². The van der Waals surface area contributed by atoms with Crippen LogP contribution in [-0.4, -0.2) is 31.6 Å². The van der Waals surface area contributed by atoms with Gasteiger partial charge in [-0.1, -0.05) is 43.8 Å². The highest BCUT2D eigenvalue weighted by atomic mass is 32.2. The van der Waals surface area contributed by atoms with E-state index >= 15 is 0 Å². The first-order valence-electron chi connectivity index (χ1n) is 8.98. The minimum atomic E-state index is -0.322. The van der Waals surface area contributed by atoms with Gasteiger partial charge in [-0.15, -0.1) is 16.8 Å². The van der Waals surface area contributed by atoms with Crippen LogP contribution < -0.4 is 5.32 Å². The summed E-state index contributed by atoms with van der Waals surface area (Å²) in [6, 6.07) is 7.72. The topological polar surface area (TPSA) is 85.8 Å². The minimum Gasteiger partial charge on any atom is -0.338 e. The van der Waals surface area contributed by atoms with Crippen molar-refractivity contribution >= 4 is 23.6 Å². The Labute approximate surface area is 172 Å². The number of benzene rings is 1. The largest absolute Gasteiger partial charge is 0.338 e. The third-order valence-corrected chi connectivity index (χ3v) is 4.97. The summed E-state index contributed by atoms with van der Waals surface area (Å²) >= 11 is 1.24. The number of nitrogens with one attached hydrogen (secondary N) is 1. The van der Waals surface area contributed by atoms with Crippen molar-refractivity contribution in [2.45, 2.75) is 37.9 Å². The fourth-order valence-electron chi connectivity index (χ4n) is 2.49. The van der Waals surface area contributed by atoms with Gasteiger partial charge in [0.25, 0.3) is 0 Å². The number of anilines is 1. The van der Waals surface area contributed by atoms with Gasteiger partial charge in [0.05, 0.1) is 11.4 Å². The SMILES string of the molecule is C=CCn1c(SCC(=O)Nc2cc(C(C)(C)C)no2)nnc1-c1ccc(F)cc1. The maximum absolute atomic E-state index is 13.2. The molecule has 0 aliphatic heterocycles. The Bertz CT molecular complexity index is 1000. The van der Waals surface area contributed by atoms with Crippen LogP contribution >= 0.6 is 11.8 Å². The van der Waals surface area contributed by atoms with E-state index in [0.29, 0.717) is 23.4 Å². The molecule has 0 aliphatic rings. The van der Waals surface area contributed by atoms with Crippen molar-refractivity contribution in [3.63, 3.8) is 0 Å². The first-order valence-corrected chi connectivity index (χ1v) is 9.96. The second-order valence-corrected chi connectivity index (χ2v) is 8.32. The monoisotopic (exact) mass is 415 g/mol. The fraction of sp³-hybridized carbons (Fsp3) is 0.300. The molecule has 2 aromatic heterocycles. The van der Waals surface area contributed by atoms with Gasteiger partial charge in [0, 0.05) is 23.6 Å². The molecule has 0 atom stereocenters. The predicted molar refractivity (Wildman–Crippen MR) is 110 cm³/mol. The molecule has 3 aromatic rings. The van der Waals surface area contributed by atoms with Crippen molar-refractivity contribution in [3.05, 3.63) is 54.5 Å². The van der Waals surface area contributed by atoms with Crippen molar-refractivity contribution in [3.8, 4) is 11.4 Å². The molecule has 0 saturated carbocycles. The lowest BCUT2D eigenvalue weighted by Gasteiger charge is -2.12. The van der Waals surface area contributed by atoms with E-state index in [2.05, 4.69) is 27.2 Å². The number of thioether (sulfide) groups is 1. The maximum Gasteiger partial charge on any atom is 0.237 e. The van der Waals surface area contributed by atoms with Gasteiger partial charge < -0.3 is 4.52 Å². The lowest BCUT2D eigenvalue weighted by molar-refractivity contribution is -0.113. The Morgan fingerprint density at radius 1 is 1.31 bits per heavy atom. The number of hydrogen-bond donors (Lipinski definition) is 1. The van der Waals surface area contributed by atoms with Crippen LogP contribution in [0.2, 0.25) is 0 Å². The zero-order valence-electron chi connectivity index (χ0n) is 16.5.